The van der Waals surface area contributed by atoms with Crippen LogP contribution in [0, 0.1) is 0 Å². The van der Waals surface area contributed by atoms with Crippen LogP contribution in [0.15, 0.2) is 18.6 Å². The van der Waals surface area contributed by atoms with E-state index in [0.717, 1.165) is 0 Å². The Morgan fingerprint density at radius 3 is 2.67 bits per heavy atom. The molecule has 1 saturated heterocycles. The Hall–Kier alpha value is -2.02. The number of carbonyl (C=O) groups is 2. The molecule has 0 aliphatic carbocycles. The number of nitrogens with zero attached hydrogens (tertiary/aromatic N) is 4. The summed E-state index contributed by atoms with van der Waals surface area (Å²) < 4.78 is 0. The molecule has 1 aliphatic rings. The van der Waals surface area contributed by atoms with Gasteiger partial charge in [-0.05, 0) is 13.8 Å². The number of amides is 2. The molecule has 0 unspecified atom stereocenters. The van der Waals surface area contributed by atoms with Crippen molar-refractivity contribution in [2.45, 2.75) is 25.9 Å². The topological polar surface area (TPSA) is 78.4 Å². The molecule has 0 spiro atoms. The lowest BCUT2D eigenvalue weighted by Gasteiger charge is -2.42. The van der Waals surface area contributed by atoms with Crippen molar-refractivity contribution >= 4 is 11.8 Å². The monoisotopic (exact) mass is 291 g/mol. The lowest BCUT2D eigenvalue weighted by Crippen LogP contribution is -2.61. The highest BCUT2D eigenvalue weighted by molar-refractivity contribution is 5.93. The molecule has 1 aliphatic heterocycles. The molecular formula is C14H21N5O2. The summed E-state index contributed by atoms with van der Waals surface area (Å²) in [5, 5.41) is 2.67. The standard InChI is InChI=1S/C14H21N5O2/c1-10(2)19-7-6-18(9-12(19)13(20)15-3)14(21)11-8-16-4-5-17-11/h4-5,8,10,12H,6-7,9H2,1-3H3,(H,15,20)/t12-/m0/s1. The molecule has 2 amide bonds. The van der Waals surface area contributed by atoms with Crippen LogP contribution in [0.2, 0.25) is 0 Å². The summed E-state index contributed by atoms with van der Waals surface area (Å²) >= 11 is 0. The zero-order valence-corrected chi connectivity index (χ0v) is 12.6. The maximum absolute atomic E-state index is 12.4. The minimum absolute atomic E-state index is 0.0691. The highest BCUT2D eigenvalue weighted by atomic mass is 16.2. The quantitative estimate of drug-likeness (QED) is 0.831. The molecule has 7 nitrogen and oxygen atoms in total. The molecule has 114 valence electrons. The zero-order valence-electron chi connectivity index (χ0n) is 12.6. The molecule has 0 bridgehead atoms. The molecule has 0 aromatic carbocycles. The lowest BCUT2D eigenvalue weighted by molar-refractivity contribution is -0.128. The van der Waals surface area contributed by atoms with Crippen molar-refractivity contribution < 1.29 is 9.59 Å². The third-order valence-corrected chi connectivity index (χ3v) is 3.70. The van der Waals surface area contributed by atoms with Gasteiger partial charge in [-0.15, -0.1) is 0 Å². The first kappa shape index (κ1) is 15.4. The van der Waals surface area contributed by atoms with Gasteiger partial charge in [0.1, 0.15) is 11.7 Å². The van der Waals surface area contributed by atoms with E-state index in [1.54, 1.807) is 11.9 Å². The first-order chi connectivity index (χ1) is 10.0. The maximum Gasteiger partial charge on any atom is 0.274 e. The minimum atomic E-state index is -0.329. The Morgan fingerprint density at radius 1 is 1.33 bits per heavy atom. The van der Waals surface area contributed by atoms with Crippen molar-refractivity contribution in [3.63, 3.8) is 0 Å². The van der Waals surface area contributed by atoms with Crippen LogP contribution in [-0.2, 0) is 4.79 Å². The van der Waals surface area contributed by atoms with Gasteiger partial charge >= 0.3 is 0 Å². The van der Waals surface area contributed by atoms with E-state index in [9.17, 15) is 9.59 Å². The highest BCUT2D eigenvalue weighted by Gasteiger charge is 2.35. The Labute approximate surface area is 124 Å². The SMILES string of the molecule is CNC(=O)[C@@H]1CN(C(=O)c2cnccn2)CCN1C(C)C. The van der Waals surface area contributed by atoms with E-state index in [1.807, 2.05) is 0 Å². The van der Waals surface area contributed by atoms with E-state index in [0.29, 0.717) is 25.3 Å². The number of aromatic nitrogens is 2. The number of piperazine rings is 1. The minimum Gasteiger partial charge on any atom is -0.358 e. The second kappa shape index (κ2) is 6.62. The van der Waals surface area contributed by atoms with Gasteiger partial charge in [0.2, 0.25) is 5.91 Å². The summed E-state index contributed by atoms with van der Waals surface area (Å²) in [4.78, 5) is 36.2. The number of likely N-dealkylation sites (N-methyl/N-ethyl adjacent to an activating group) is 1. The molecule has 1 aromatic rings. The van der Waals surface area contributed by atoms with Crippen LogP contribution in [0.5, 0.6) is 0 Å². The number of rotatable bonds is 3. The molecule has 2 rings (SSSR count). The smallest absolute Gasteiger partial charge is 0.274 e. The van der Waals surface area contributed by atoms with Crippen LogP contribution in [0.4, 0.5) is 0 Å². The van der Waals surface area contributed by atoms with Crippen molar-refractivity contribution in [3.8, 4) is 0 Å². The number of hydrogen-bond acceptors (Lipinski definition) is 5. The van der Waals surface area contributed by atoms with E-state index in [4.69, 9.17) is 0 Å². The third kappa shape index (κ3) is 3.36. The summed E-state index contributed by atoms with van der Waals surface area (Å²) in [6.45, 7) is 5.72. The predicted molar refractivity (Wildman–Crippen MR) is 77.6 cm³/mol. The van der Waals surface area contributed by atoms with Gasteiger partial charge < -0.3 is 10.2 Å². The van der Waals surface area contributed by atoms with Gasteiger partial charge in [0, 0.05) is 45.1 Å². The summed E-state index contributed by atoms with van der Waals surface area (Å²) in [7, 11) is 1.62. The van der Waals surface area contributed by atoms with E-state index in [-0.39, 0.29) is 23.9 Å². The molecule has 0 radical (unpaired) electrons. The largest absolute Gasteiger partial charge is 0.358 e. The van der Waals surface area contributed by atoms with Gasteiger partial charge in [-0.3, -0.25) is 19.5 Å². The first-order valence-electron chi connectivity index (χ1n) is 7.07. The lowest BCUT2D eigenvalue weighted by atomic mass is 10.1. The first-order valence-corrected chi connectivity index (χ1v) is 7.07. The molecule has 1 fully saturated rings. The van der Waals surface area contributed by atoms with Crippen molar-refractivity contribution in [2.24, 2.45) is 0 Å². The van der Waals surface area contributed by atoms with Crippen LogP contribution in [0.25, 0.3) is 0 Å². The Morgan fingerprint density at radius 2 is 2.10 bits per heavy atom. The predicted octanol–water partition coefficient (Wildman–Crippen LogP) is -0.243. The molecule has 21 heavy (non-hydrogen) atoms. The van der Waals surface area contributed by atoms with Crippen LogP contribution in [0.3, 0.4) is 0 Å². The fraction of sp³-hybridized carbons (Fsp3) is 0.571. The summed E-state index contributed by atoms with van der Waals surface area (Å²) in [5.74, 6) is -0.249. The number of carbonyl (C=O) groups excluding carboxylic acids is 2. The summed E-state index contributed by atoms with van der Waals surface area (Å²) in [6.07, 6.45) is 4.47. The number of hydrogen-bond donors (Lipinski definition) is 1. The molecule has 1 aromatic heterocycles. The van der Waals surface area contributed by atoms with Crippen LogP contribution in [-0.4, -0.2) is 70.3 Å². The van der Waals surface area contributed by atoms with Gasteiger partial charge in [0.25, 0.3) is 5.91 Å². The summed E-state index contributed by atoms with van der Waals surface area (Å²) in [6, 6.07) is -0.0783. The van der Waals surface area contributed by atoms with Crippen molar-refractivity contribution in [1.29, 1.82) is 0 Å². The summed E-state index contributed by atoms with van der Waals surface area (Å²) in [5.41, 5.74) is 0.311. The van der Waals surface area contributed by atoms with Crippen LogP contribution in [0.1, 0.15) is 24.3 Å². The van der Waals surface area contributed by atoms with Crippen molar-refractivity contribution in [3.05, 3.63) is 24.3 Å². The normalized spacial score (nSPS) is 19.6. The second-order valence-electron chi connectivity index (χ2n) is 5.30. The Bertz CT molecular complexity index is 505. The molecular weight excluding hydrogens is 270 g/mol. The van der Waals surface area contributed by atoms with Crippen LogP contribution >= 0.6 is 0 Å². The van der Waals surface area contributed by atoms with Gasteiger partial charge in [-0.1, -0.05) is 0 Å². The maximum atomic E-state index is 12.4. The van der Waals surface area contributed by atoms with E-state index in [2.05, 4.69) is 34.0 Å². The second-order valence-corrected chi connectivity index (χ2v) is 5.30. The van der Waals surface area contributed by atoms with E-state index in [1.165, 1.54) is 18.6 Å². The van der Waals surface area contributed by atoms with Gasteiger partial charge in [-0.25, -0.2) is 4.98 Å². The highest BCUT2D eigenvalue weighted by Crippen LogP contribution is 2.15. The molecule has 2 heterocycles. The fourth-order valence-corrected chi connectivity index (χ4v) is 2.57. The van der Waals surface area contributed by atoms with E-state index >= 15 is 0 Å². The van der Waals surface area contributed by atoms with Gasteiger partial charge in [0.05, 0.1) is 6.20 Å². The average molecular weight is 291 g/mol. The van der Waals surface area contributed by atoms with Crippen molar-refractivity contribution in [2.75, 3.05) is 26.7 Å². The molecule has 0 saturated carbocycles. The number of nitrogens with one attached hydrogen (secondary N) is 1. The van der Waals surface area contributed by atoms with Gasteiger partial charge in [0.15, 0.2) is 0 Å². The fourth-order valence-electron chi connectivity index (χ4n) is 2.57. The van der Waals surface area contributed by atoms with Crippen molar-refractivity contribution in [1.82, 2.24) is 25.1 Å². The Balaban J connectivity index is 2.14. The third-order valence-electron chi connectivity index (χ3n) is 3.70. The molecule has 7 heteroatoms. The van der Waals surface area contributed by atoms with E-state index < -0.39 is 0 Å². The van der Waals surface area contributed by atoms with Gasteiger partial charge in [-0.2, -0.15) is 0 Å². The Kier molecular flexibility index (Phi) is 4.85. The zero-order chi connectivity index (χ0) is 15.4. The molecule has 1 N–H and O–H groups in total. The average Bonchev–Trinajstić information content (AvgIpc) is 2.53. The molecule has 1 atom stereocenters. The van der Waals surface area contributed by atoms with Crippen LogP contribution < -0.4 is 5.32 Å².